The fourth-order valence-corrected chi connectivity index (χ4v) is 11.6. The second-order valence-corrected chi connectivity index (χ2v) is 14.9. The maximum atomic E-state index is 13.0. The maximum absolute atomic E-state index is 13.0. The molecule has 0 spiro atoms. The van der Waals surface area contributed by atoms with Crippen LogP contribution in [0.5, 0.6) is 0 Å². The third-order valence-electron chi connectivity index (χ3n) is 13.7. The fourth-order valence-electron chi connectivity index (χ4n) is 11.6. The molecule has 202 valence electrons. The van der Waals surface area contributed by atoms with E-state index in [2.05, 4.69) is 41.2 Å². The van der Waals surface area contributed by atoms with Crippen molar-refractivity contribution >= 4 is 11.8 Å². The summed E-state index contributed by atoms with van der Waals surface area (Å²) in [6, 6.07) is 0. The number of fused-ring (bicyclic) bond motifs is 7. The topological polar surface area (TPSA) is 63.6 Å². The van der Waals surface area contributed by atoms with Crippen molar-refractivity contribution in [3.05, 3.63) is 12.2 Å². The second-order valence-electron chi connectivity index (χ2n) is 14.9. The molecule has 0 amide bonds. The highest BCUT2D eigenvalue weighted by Crippen LogP contribution is 2.77. The molecule has 4 heteroatoms. The monoisotopic (exact) mass is 498 g/mol. The summed E-state index contributed by atoms with van der Waals surface area (Å²) in [6.45, 7) is 18.7. The normalized spacial score (nSPS) is 49.3. The fraction of sp³-hybridized carbons (Fsp3) is 0.875. The summed E-state index contributed by atoms with van der Waals surface area (Å²) >= 11 is 0. The van der Waals surface area contributed by atoms with Gasteiger partial charge in [-0.2, -0.15) is 0 Å². The lowest BCUT2D eigenvalue weighted by atomic mass is 9.32. The van der Waals surface area contributed by atoms with Crippen molar-refractivity contribution in [1.82, 2.24) is 0 Å². The zero-order valence-corrected chi connectivity index (χ0v) is 23.8. The zero-order chi connectivity index (χ0) is 26.3. The van der Waals surface area contributed by atoms with Crippen LogP contribution in [0.15, 0.2) is 12.2 Å². The largest absolute Gasteiger partial charge is 0.461 e. The number of carbonyl (C=O) groups excluding carboxylic acids is 2. The van der Waals surface area contributed by atoms with E-state index in [-0.39, 0.29) is 39.7 Å². The van der Waals surface area contributed by atoms with Crippen LogP contribution in [0.2, 0.25) is 0 Å². The Morgan fingerprint density at radius 1 is 0.944 bits per heavy atom. The van der Waals surface area contributed by atoms with Gasteiger partial charge in [-0.25, -0.2) is 0 Å². The molecule has 1 N–H and O–H groups in total. The van der Waals surface area contributed by atoms with Crippen molar-refractivity contribution in [3.63, 3.8) is 0 Å². The molecule has 9 atom stereocenters. The van der Waals surface area contributed by atoms with Gasteiger partial charge in [-0.05, 0) is 115 Å². The van der Waals surface area contributed by atoms with Crippen LogP contribution in [0.1, 0.15) is 106 Å². The molecule has 5 saturated carbocycles. The number of rotatable bonds is 4. The van der Waals surface area contributed by atoms with E-state index in [1.807, 2.05) is 0 Å². The van der Waals surface area contributed by atoms with Crippen LogP contribution in [0, 0.1) is 56.7 Å². The third-order valence-corrected chi connectivity index (χ3v) is 13.7. The van der Waals surface area contributed by atoms with Crippen LogP contribution in [0.4, 0.5) is 0 Å². The Morgan fingerprint density at radius 2 is 1.67 bits per heavy atom. The molecule has 0 heterocycles. The SMILES string of the molecule is C=C(COC(C)=O)[C@@H]1CC[C@]2(CO)CC[C@]3(C)[C@H](CC[C@@H]4[C@@]5(C)CCC(=O)C(C)(C)[C@@H]5CC[C@]43C)[C@@H]12. The van der Waals surface area contributed by atoms with Gasteiger partial charge < -0.3 is 9.84 Å². The molecule has 0 bridgehead atoms. The molecule has 0 aromatic rings. The number of carbonyl (C=O) groups is 2. The molecule has 5 aliphatic rings. The quantitative estimate of drug-likeness (QED) is 0.344. The molecule has 4 nitrogen and oxygen atoms in total. The van der Waals surface area contributed by atoms with Crippen LogP contribution < -0.4 is 0 Å². The van der Waals surface area contributed by atoms with E-state index in [1.165, 1.54) is 32.6 Å². The minimum Gasteiger partial charge on any atom is -0.461 e. The number of Topliss-reactive ketones (excluding diaryl/α,β-unsaturated/α-hetero) is 1. The summed E-state index contributed by atoms with van der Waals surface area (Å²) in [5, 5.41) is 10.8. The van der Waals surface area contributed by atoms with E-state index < -0.39 is 0 Å². The lowest BCUT2D eigenvalue weighted by molar-refractivity contribution is -0.236. The van der Waals surface area contributed by atoms with Gasteiger partial charge in [-0.15, -0.1) is 0 Å². The molecular weight excluding hydrogens is 448 g/mol. The van der Waals surface area contributed by atoms with E-state index in [4.69, 9.17) is 4.74 Å². The average Bonchev–Trinajstić information content (AvgIpc) is 3.21. The molecule has 0 radical (unpaired) electrons. The smallest absolute Gasteiger partial charge is 0.302 e. The van der Waals surface area contributed by atoms with Gasteiger partial charge in [0, 0.05) is 25.4 Å². The predicted octanol–water partition coefficient (Wildman–Crippen LogP) is 6.75. The molecule has 5 fully saturated rings. The Morgan fingerprint density at radius 3 is 2.33 bits per heavy atom. The number of esters is 1. The van der Waals surface area contributed by atoms with Crippen LogP contribution in [-0.4, -0.2) is 30.1 Å². The molecule has 0 unspecified atom stereocenters. The van der Waals surface area contributed by atoms with Crippen molar-refractivity contribution in [3.8, 4) is 0 Å². The summed E-state index contributed by atoms with van der Waals surface area (Å²) in [6.07, 6.45) is 11.0. The number of aliphatic hydroxyl groups excluding tert-OH is 1. The predicted molar refractivity (Wildman–Crippen MR) is 142 cm³/mol. The first-order valence-corrected chi connectivity index (χ1v) is 14.7. The summed E-state index contributed by atoms with van der Waals surface area (Å²) in [7, 11) is 0. The highest BCUT2D eigenvalue weighted by molar-refractivity contribution is 5.85. The van der Waals surface area contributed by atoms with Gasteiger partial charge in [-0.1, -0.05) is 41.2 Å². The van der Waals surface area contributed by atoms with E-state index in [1.54, 1.807) is 0 Å². The van der Waals surface area contributed by atoms with E-state index in [0.717, 1.165) is 44.1 Å². The number of ether oxygens (including phenoxy) is 1. The van der Waals surface area contributed by atoms with Gasteiger partial charge >= 0.3 is 5.97 Å². The third kappa shape index (κ3) is 3.34. The minimum absolute atomic E-state index is 0.0163. The molecular formula is C32H50O4. The maximum Gasteiger partial charge on any atom is 0.302 e. The second kappa shape index (κ2) is 8.42. The van der Waals surface area contributed by atoms with Crippen LogP contribution >= 0.6 is 0 Å². The zero-order valence-electron chi connectivity index (χ0n) is 23.8. The standard InChI is InChI=1S/C32H50O4/c1-20(18-36-21(2)34)22-10-15-32(19-33)17-16-30(6)23(27(22)32)8-9-25-29(5)13-12-26(35)28(3,4)24(29)11-14-31(25,30)7/h22-25,27,33H,1,8-19H2,2-7H3/t22-,23+,24-,25+,27+,29-,30+,31+,32+/m0/s1. The Balaban J connectivity index is 1.50. The molecule has 0 aliphatic heterocycles. The van der Waals surface area contributed by atoms with Crippen molar-refractivity contribution in [2.45, 2.75) is 106 Å². The van der Waals surface area contributed by atoms with Gasteiger partial charge in [0.15, 0.2) is 0 Å². The van der Waals surface area contributed by atoms with Crippen molar-refractivity contribution in [1.29, 1.82) is 0 Å². The molecule has 0 aromatic heterocycles. The highest BCUT2D eigenvalue weighted by atomic mass is 16.5. The van der Waals surface area contributed by atoms with Gasteiger partial charge in [0.05, 0.1) is 0 Å². The van der Waals surface area contributed by atoms with E-state index >= 15 is 0 Å². The Labute approximate surface area is 219 Å². The van der Waals surface area contributed by atoms with Gasteiger partial charge in [0.2, 0.25) is 0 Å². The Bertz CT molecular complexity index is 952. The molecule has 5 aliphatic carbocycles. The van der Waals surface area contributed by atoms with Crippen molar-refractivity contribution in [2.24, 2.45) is 56.7 Å². The number of ketones is 1. The average molecular weight is 499 g/mol. The molecule has 0 aromatic carbocycles. The number of hydrogen-bond donors (Lipinski definition) is 1. The van der Waals surface area contributed by atoms with Crippen molar-refractivity contribution < 1.29 is 19.4 Å². The van der Waals surface area contributed by atoms with Crippen molar-refractivity contribution in [2.75, 3.05) is 13.2 Å². The molecule has 5 rings (SSSR count). The van der Waals surface area contributed by atoms with Gasteiger partial charge in [0.25, 0.3) is 0 Å². The summed E-state index contributed by atoms with van der Waals surface area (Å²) < 4.78 is 5.40. The summed E-state index contributed by atoms with van der Waals surface area (Å²) in [4.78, 5) is 24.5. The molecule has 0 saturated heterocycles. The first-order valence-electron chi connectivity index (χ1n) is 14.7. The van der Waals surface area contributed by atoms with E-state index in [9.17, 15) is 14.7 Å². The van der Waals surface area contributed by atoms with Crippen LogP contribution in [0.25, 0.3) is 0 Å². The van der Waals surface area contributed by atoms with E-state index in [0.29, 0.717) is 42.0 Å². The lowest BCUT2D eigenvalue weighted by Gasteiger charge is -2.72. The first kappa shape index (κ1) is 26.4. The lowest BCUT2D eigenvalue weighted by Crippen LogP contribution is -2.66. The minimum atomic E-state index is -0.247. The van der Waals surface area contributed by atoms with Gasteiger partial charge in [0.1, 0.15) is 12.4 Å². The number of aliphatic hydroxyl groups is 1. The summed E-state index contributed by atoms with van der Waals surface area (Å²) in [5.41, 5.74) is 1.49. The number of hydrogen-bond acceptors (Lipinski definition) is 4. The Hall–Kier alpha value is -1.16. The summed E-state index contributed by atoms with van der Waals surface area (Å²) in [5.74, 6) is 2.63. The molecule has 36 heavy (non-hydrogen) atoms. The van der Waals surface area contributed by atoms with Crippen LogP contribution in [0.3, 0.4) is 0 Å². The first-order chi connectivity index (χ1) is 16.8. The highest BCUT2D eigenvalue weighted by Gasteiger charge is 2.70. The van der Waals surface area contributed by atoms with Gasteiger partial charge in [-0.3, -0.25) is 9.59 Å². The van der Waals surface area contributed by atoms with Crippen LogP contribution in [-0.2, 0) is 14.3 Å². The Kier molecular flexibility index (Phi) is 6.18.